The van der Waals surface area contributed by atoms with Crippen LogP contribution in [0.3, 0.4) is 0 Å². The van der Waals surface area contributed by atoms with E-state index in [1.807, 2.05) is 41.1 Å². The van der Waals surface area contributed by atoms with Gasteiger partial charge < -0.3 is 9.88 Å². The van der Waals surface area contributed by atoms with E-state index in [4.69, 9.17) is 0 Å². The molecule has 1 N–H and O–H groups in total. The first-order chi connectivity index (χ1) is 9.10. The third-order valence-corrected chi connectivity index (χ3v) is 3.62. The SMILES string of the molecule is CCCn1cc(Br)cc1C(=O)Nc1ccc(Br)cc1. The number of hydrogen-bond donors (Lipinski definition) is 1. The van der Waals surface area contributed by atoms with Crippen molar-refractivity contribution in [3.05, 3.63) is 51.2 Å². The monoisotopic (exact) mass is 384 g/mol. The van der Waals surface area contributed by atoms with Gasteiger partial charge in [-0.05, 0) is 52.7 Å². The minimum Gasteiger partial charge on any atom is -0.342 e. The number of anilines is 1. The second-order valence-corrected chi connectivity index (χ2v) is 6.03. The number of halogens is 2. The highest BCUT2D eigenvalue weighted by atomic mass is 79.9. The molecule has 0 atom stereocenters. The van der Waals surface area contributed by atoms with Crippen molar-refractivity contribution < 1.29 is 4.79 Å². The van der Waals surface area contributed by atoms with Gasteiger partial charge in [-0.25, -0.2) is 0 Å². The molecule has 0 saturated heterocycles. The molecule has 0 fully saturated rings. The van der Waals surface area contributed by atoms with Gasteiger partial charge in [-0.15, -0.1) is 0 Å². The first kappa shape index (κ1) is 14.3. The van der Waals surface area contributed by atoms with Crippen molar-refractivity contribution in [3.8, 4) is 0 Å². The topological polar surface area (TPSA) is 34.0 Å². The highest BCUT2D eigenvalue weighted by Crippen LogP contribution is 2.18. The zero-order chi connectivity index (χ0) is 13.8. The van der Waals surface area contributed by atoms with Crippen LogP contribution in [0, 0.1) is 0 Å². The lowest BCUT2D eigenvalue weighted by Gasteiger charge is -2.08. The number of hydrogen-bond acceptors (Lipinski definition) is 1. The average Bonchev–Trinajstić information content (AvgIpc) is 2.74. The Hall–Kier alpha value is -1.07. The molecular formula is C14H14Br2N2O. The van der Waals surface area contributed by atoms with E-state index in [-0.39, 0.29) is 5.91 Å². The minimum absolute atomic E-state index is 0.0959. The molecule has 5 heteroatoms. The lowest BCUT2D eigenvalue weighted by Crippen LogP contribution is -2.16. The maximum absolute atomic E-state index is 12.2. The molecule has 1 amide bonds. The molecular weight excluding hydrogens is 372 g/mol. The van der Waals surface area contributed by atoms with Crippen LogP contribution in [0.5, 0.6) is 0 Å². The van der Waals surface area contributed by atoms with Crippen LogP contribution in [-0.4, -0.2) is 10.5 Å². The van der Waals surface area contributed by atoms with Crippen LogP contribution in [0.1, 0.15) is 23.8 Å². The summed E-state index contributed by atoms with van der Waals surface area (Å²) in [5.74, 6) is -0.0959. The Kier molecular flexibility index (Phi) is 4.82. The van der Waals surface area contributed by atoms with Crippen molar-refractivity contribution in [3.63, 3.8) is 0 Å². The number of carbonyl (C=O) groups is 1. The number of nitrogens with one attached hydrogen (secondary N) is 1. The molecule has 0 aliphatic carbocycles. The molecule has 1 heterocycles. The maximum atomic E-state index is 12.2. The summed E-state index contributed by atoms with van der Waals surface area (Å²) in [5, 5.41) is 2.90. The zero-order valence-electron chi connectivity index (χ0n) is 10.5. The summed E-state index contributed by atoms with van der Waals surface area (Å²) in [4.78, 5) is 12.2. The number of carbonyl (C=O) groups excluding carboxylic acids is 1. The van der Waals surface area contributed by atoms with E-state index < -0.39 is 0 Å². The van der Waals surface area contributed by atoms with Gasteiger partial charge in [0, 0.05) is 27.4 Å². The first-order valence-electron chi connectivity index (χ1n) is 6.02. The number of rotatable bonds is 4. The number of aryl methyl sites for hydroxylation is 1. The Morgan fingerprint density at radius 1 is 1.21 bits per heavy atom. The lowest BCUT2D eigenvalue weighted by atomic mass is 10.3. The van der Waals surface area contributed by atoms with Gasteiger partial charge in [0.1, 0.15) is 5.69 Å². The lowest BCUT2D eigenvalue weighted by molar-refractivity contribution is 0.101. The molecule has 0 aliphatic rings. The maximum Gasteiger partial charge on any atom is 0.272 e. The van der Waals surface area contributed by atoms with E-state index >= 15 is 0 Å². The molecule has 1 aromatic carbocycles. The Bertz CT molecular complexity index is 576. The van der Waals surface area contributed by atoms with Gasteiger partial charge in [0.25, 0.3) is 5.91 Å². The molecule has 0 bridgehead atoms. The van der Waals surface area contributed by atoms with Crippen LogP contribution in [0.4, 0.5) is 5.69 Å². The van der Waals surface area contributed by atoms with Gasteiger partial charge in [-0.3, -0.25) is 4.79 Å². The molecule has 0 unspecified atom stereocenters. The second-order valence-electron chi connectivity index (χ2n) is 4.20. The van der Waals surface area contributed by atoms with Gasteiger partial charge in [0.2, 0.25) is 0 Å². The van der Waals surface area contributed by atoms with Crippen molar-refractivity contribution >= 4 is 43.5 Å². The van der Waals surface area contributed by atoms with Gasteiger partial charge >= 0.3 is 0 Å². The molecule has 2 rings (SSSR count). The van der Waals surface area contributed by atoms with Crippen molar-refractivity contribution in [2.45, 2.75) is 19.9 Å². The molecule has 0 radical (unpaired) electrons. The minimum atomic E-state index is -0.0959. The van der Waals surface area contributed by atoms with Gasteiger partial charge in [-0.2, -0.15) is 0 Å². The number of benzene rings is 1. The van der Waals surface area contributed by atoms with Crippen LogP contribution < -0.4 is 5.32 Å². The number of amides is 1. The third-order valence-electron chi connectivity index (χ3n) is 2.66. The van der Waals surface area contributed by atoms with Crippen molar-refractivity contribution in [1.82, 2.24) is 4.57 Å². The number of nitrogens with zero attached hydrogens (tertiary/aromatic N) is 1. The summed E-state index contributed by atoms with van der Waals surface area (Å²) in [6, 6.07) is 9.37. The summed E-state index contributed by atoms with van der Waals surface area (Å²) >= 11 is 6.78. The predicted molar refractivity (Wildman–Crippen MR) is 84.5 cm³/mol. The van der Waals surface area contributed by atoms with Crippen molar-refractivity contribution in [2.24, 2.45) is 0 Å². The summed E-state index contributed by atoms with van der Waals surface area (Å²) < 4.78 is 3.86. The second kappa shape index (κ2) is 6.39. The fourth-order valence-electron chi connectivity index (χ4n) is 1.82. The van der Waals surface area contributed by atoms with E-state index in [2.05, 4.69) is 44.1 Å². The molecule has 100 valence electrons. The normalized spacial score (nSPS) is 10.5. The molecule has 2 aromatic rings. The highest BCUT2D eigenvalue weighted by molar-refractivity contribution is 9.10. The third kappa shape index (κ3) is 3.70. The van der Waals surface area contributed by atoms with Gasteiger partial charge in [0.15, 0.2) is 0 Å². The fraction of sp³-hybridized carbons (Fsp3) is 0.214. The van der Waals surface area contributed by atoms with E-state index in [1.54, 1.807) is 0 Å². The smallest absolute Gasteiger partial charge is 0.272 e. The Morgan fingerprint density at radius 2 is 1.89 bits per heavy atom. The van der Waals surface area contributed by atoms with E-state index in [0.717, 1.165) is 27.6 Å². The van der Waals surface area contributed by atoms with Crippen LogP contribution in [0.15, 0.2) is 45.5 Å². The largest absolute Gasteiger partial charge is 0.342 e. The Morgan fingerprint density at radius 3 is 2.53 bits per heavy atom. The van der Waals surface area contributed by atoms with Crippen LogP contribution in [0.2, 0.25) is 0 Å². The van der Waals surface area contributed by atoms with Crippen molar-refractivity contribution in [2.75, 3.05) is 5.32 Å². The highest BCUT2D eigenvalue weighted by Gasteiger charge is 2.12. The standard InChI is InChI=1S/C14H14Br2N2O/c1-2-7-18-9-11(16)8-13(18)14(19)17-12-5-3-10(15)4-6-12/h3-6,8-9H,2,7H2,1H3,(H,17,19). The quantitative estimate of drug-likeness (QED) is 0.814. The zero-order valence-corrected chi connectivity index (χ0v) is 13.7. The average molecular weight is 386 g/mol. The van der Waals surface area contributed by atoms with Crippen LogP contribution >= 0.6 is 31.9 Å². The van der Waals surface area contributed by atoms with Gasteiger partial charge in [0.05, 0.1) is 0 Å². The summed E-state index contributed by atoms with van der Waals surface area (Å²) in [6.07, 6.45) is 2.92. The first-order valence-corrected chi connectivity index (χ1v) is 7.61. The molecule has 0 aliphatic heterocycles. The van der Waals surface area contributed by atoms with E-state index in [0.29, 0.717) is 5.69 Å². The predicted octanol–water partition coefficient (Wildman–Crippen LogP) is 4.68. The molecule has 0 saturated carbocycles. The summed E-state index contributed by atoms with van der Waals surface area (Å²) in [7, 11) is 0. The van der Waals surface area contributed by atoms with Crippen LogP contribution in [-0.2, 0) is 6.54 Å². The Balaban J connectivity index is 2.17. The molecule has 3 nitrogen and oxygen atoms in total. The molecule has 0 spiro atoms. The molecule has 19 heavy (non-hydrogen) atoms. The van der Waals surface area contributed by atoms with E-state index in [9.17, 15) is 4.79 Å². The summed E-state index contributed by atoms with van der Waals surface area (Å²) in [5.41, 5.74) is 1.45. The van der Waals surface area contributed by atoms with Crippen molar-refractivity contribution in [1.29, 1.82) is 0 Å². The molecule has 1 aromatic heterocycles. The van der Waals surface area contributed by atoms with E-state index in [1.165, 1.54) is 0 Å². The summed E-state index contributed by atoms with van der Waals surface area (Å²) in [6.45, 7) is 2.92. The fourth-order valence-corrected chi connectivity index (χ4v) is 2.55. The van der Waals surface area contributed by atoms with Gasteiger partial charge in [-0.1, -0.05) is 22.9 Å². The van der Waals surface area contributed by atoms with Crippen LogP contribution in [0.25, 0.3) is 0 Å². The number of aromatic nitrogens is 1. The Labute approximate surface area is 129 Å².